The Morgan fingerprint density at radius 2 is 0.388 bits per heavy atom. The maximum atomic E-state index is 13.7. The summed E-state index contributed by atoms with van der Waals surface area (Å²) >= 11 is 0. The van der Waals surface area contributed by atoms with Gasteiger partial charge in [-0.3, -0.25) is 57.5 Å². The maximum absolute atomic E-state index is 13.7. The van der Waals surface area contributed by atoms with Crippen molar-refractivity contribution in [3.05, 3.63) is 0 Å². The van der Waals surface area contributed by atoms with E-state index in [0.29, 0.717) is 164 Å². The van der Waals surface area contributed by atoms with Crippen LogP contribution in [0.1, 0.15) is 455 Å². The molecule has 24 heteroatoms. The molecule has 6 unspecified atom stereocenters. The minimum Gasteiger partial charge on any atom is -0.356 e. The number of unbranched alkanes of at least 4 members (excludes halogenated alkanes) is 12. The van der Waals surface area contributed by atoms with Crippen LogP contribution in [0.15, 0.2) is 0 Å². The number of ketones is 3. The van der Waals surface area contributed by atoms with E-state index in [1.807, 2.05) is 55.4 Å². The van der Waals surface area contributed by atoms with E-state index in [-0.39, 0.29) is 126 Å². The summed E-state index contributed by atoms with van der Waals surface area (Å²) in [5.41, 5.74) is 0. The first-order chi connectivity index (χ1) is 60.9. The van der Waals surface area contributed by atoms with Crippen molar-refractivity contribution in [1.82, 2.24) is 63.8 Å². The molecule has 0 aromatic rings. The van der Waals surface area contributed by atoms with E-state index in [1.165, 1.54) is 6.42 Å². The zero-order valence-corrected chi connectivity index (χ0v) is 87.4. The third kappa shape index (κ3) is 84.8. The second-order valence-corrected chi connectivity index (χ2v) is 41.6. The highest BCUT2D eigenvalue weighted by molar-refractivity contribution is 5.94. The van der Waals surface area contributed by atoms with Gasteiger partial charge in [-0.2, -0.15) is 0 Å². The van der Waals surface area contributed by atoms with Crippen LogP contribution >= 0.6 is 0 Å². The summed E-state index contributed by atoms with van der Waals surface area (Å²) in [6, 6.07) is -0.468. The van der Waals surface area contributed by atoms with Crippen LogP contribution in [0.5, 0.6) is 0 Å². The van der Waals surface area contributed by atoms with Gasteiger partial charge >= 0.3 is 0 Å². The molecule has 0 aromatic carbocycles. The van der Waals surface area contributed by atoms with E-state index in [4.69, 9.17) is 0 Å². The number of nitrogens with one attached hydrogen (secondary N) is 12. The van der Waals surface area contributed by atoms with Gasteiger partial charge in [0.25, 0.3) is 0 Å². The molecule has 0 aromatic heterocycles. The van der Waals surface area contributed by atoms with E-state index >= 15 is 0 Å². The van der Waals surface area contributed by atoms with Crippen LogP contribution in [0.3, 0.4) is 0 Å². The average molecular weight is 1830 g/mol. The topological polar surface area (TPSA) is 349 Å². The summed E-state index contributed by atoms with van der Waals surface area (Å²) in [6.07, 6.45) is 34.9. The van der Waals surface area contributed by atoms with Crippen LogP contribution in [0.2, 0.25) is 0 Å². The molecule has 0 heterocycles. The zero-order valence-electron chi connectivity index (χ0n) is 87.4. The lowest BCUT2D eigenvalue weighted by molar-refractivity contribution is -0.132. The van der Waals surface area contributed by atoms with Crippen molar-refractivity contribution in [2.75, 3.05) is 39.3 Å². The predicted molar refractivity (Wildman–Crippen MR) is 536 cm³/mol. The van der Waals surface area contributed by atoms with Crippen LogP contribution in [0.25, 0.3) is 0 Å². The van der Waals surface area contributed by atoms with E-state index in [0.717, 1.165) is 186 Å². The van der Waals surface area contributed by atoms with Crippen LogP contribution in [-0.2, 0) is 57.5 Å². The molecule has 756 valence electrons. The van der Waals surface area contributed by atoms with Gasteiger partial charge in [0.05, 0.1) is 18.1 Å². The maximum Gasteiger partial charge on any atom is 0.223 e. The predicted octanol–water partition coefficient (Wildman–Crippen LogP) is 19.4. The molecule has 0 saturated heterocycles. The van der Waals surface area contributed by atoms with E-state index in [9.17, 15) is 57.5 Å². The third-order valence-electron chi connectivity index (χ3n) is 22.8. The second-order valence-electron chi connectivity index (χ2n) is 41.6. The zero-order chi connectivity index (χ0) is 97.9. The van der Waals surface area contributed by atoms with Crippen molar-refractivity contribution in [2.45, 2.75) is 509 Å². The molecule has 0 aliphatic carbocycles. The summed E-state index contributed by atoms with van der Waals surface area (Å²) in [5, 5.41) is 37.2. The fraction of sp³-hybridized carbons (Fsp3) is 0.886. The fourth-order valence-electron chi connectivity index (χ4n) is 15.3. The molecule has 6 atom stereocenters. The molecule has 0 spiro atoms. The van der Waals surface area contributed by atoms with Gasteiger partial charge in [0.1, 0.15) is 0 Å². The van der Waals surface area contributed by atoms with Gasteiger partial charge in [0.2, 0.25) is 53.2 Å². The number of hydrogen-bond acceptors (Lipinski definition) is 15. The normalized spacial score (nSPS) is 13.0. The van der Waals surface area contributed by atoms with Crippen LogP contribution in [0, 0.1) is 53.3 Å². The SMILES string of the molecule is CC(C)CCCCC(=O)NCCCCC(CC(=O)C(CCCCNC(=O)CCCCC(C)C)NC(=O)CCCCC(C)C)C(=O)NC(C)C.CC(C)CCCCC(=O)NCCCCC(NC(=O)CCCCC(C)C)C(=O)CC(CCCCNC(C)C)C(=O)NC(C)C.CC(C)CCCCC(=O)NCCCCC(NC(C)C)C(=O)CC(CCCCNC(C)C)C(=O)NC(C)C. The second kappa shape index (κ2) is 82.8. The Bertz CT molecular complexity index is 2900. The molecule has 24 nitrogen and oxygen atoms in total. The summed E-state index contributed by atoms with van der Waals surface area (Å²) in [5.74, 6) is 2.41. The molecule has 0 saturated carbocycles. The highest BCUT2D eigenvalue weighted by Gasteiger charge is 2.32. The quantitative estimate of drug-likeness (QED) is 0.0252. The number of hydrogen-bond donors (Lipinski definition) is 12. The third-order valence-corrected chi connectivity index (χ3v) is 22.8. The molecule has 0 radical (unpaired) electrons. The van der Waals surface area contributed by atoms with E-state index in [1.54, 1.807) is 0 Å². The molecule has 0 aliphatic heterocycles. The molecule has 0 bridgehead atoms. The Hall–Kier alpha value is -5.88. The van der Waals surface area contributed by atoms with Gasteiger partial charge in [0.15, 0.2) is 17.3 Å². The molecule has 0 aliphatic rings. The summed E-state index contributed by atoms with van der Waals surface area (Å²) in [7, 11) is 0. The summed E-state index contributed by atoms with van der Waals surface area (Å²) < 4.78 is 0. The monoisotopic (exact) mass is 1830 g/mol. The summed E-state index contributed by atoms with van der Waals surface area (Å²) in [4.78, 5) is 154. The Balaban J connectivity index is -0.00000186. The summed E-state index contributed by atoms with van der Waals surface area (Å²) in [6.45, 7) is 54.5. The minimum absolute atomic E-state index is 0.000496. The van der Waals surface area contributed by atoms with Crippen LogP contribution in [0.4, 0.5) is 0 Å². The first-order valence-corrected chi connectivity index (χ1v) is 52.3. The number of carbonyl (C=O) groups excluding carboxylic acids is 12. The van der Waals surface area contributed by atoms with Gasteiger partial charge in [-0.15, -0.1) is 0 Å². The van der Waals surface area contributed by atoms with Crippen molar-refractivity contribution in [1.29, 1.82) is 0 Å². The van der Waals surface area contributed by atoms with Crippen molar-refractivity contribution in [2.24, 2.45) is 53.3 Å². The van der Waals surface area contributed by atoms with Gasteiger partial charge in [-0.1, -0.05) is 221 Å². The molecule has 12 N–H and O–H groups in total. The molecule has 0 rings (SSSR count). The largest absolute Gasteiger partial charge is 0.356 e. The number of carbonyl (C=O) groups is 12. The standard InChI is InChI=1S/C40H76N4O5.C35H68N4O4.C30H60N4O3/c1-30(2)19-9-12-24-37(46)41-27-17-15-22-34(40(49)43-33(7)8)29-36(45)35(44-39(48)26-14-11-21-32(5)6)23-16-18-28-42-38(47)25-13-10-20-31(3)4;1-26(2)17-9-11-21-33(41)37-24-16-14-20-31(39-34(42)22-12-10-18-27(3)4)32(40)25-30(35(43)38-29(7)8)19-13-15-23-36-28(5)6;1-22(2)15-9-10-18-29(36)32-20-14-12-17-27(33-24(5)6)28(35)21-26(30(37)34-25(7)8)16-11-13-19-31-23(3)4/h30-35H,9-29H2,1-8H3,(H,41,46)(H,42,47)(H,43,49)(H,44,48);26-31,36H,9-25H2,1-8H3,(H,37,41)(H,38,43)(H,39,42);22-27,31,33H,9-21H2,1-8H3,(H,32,36)(H,34,37). The number of rotatable bonds is 81. The highest BCUT2D eigenvalue weighted by atomic mass is 16.2. The van der Waals surface area contributed by atoms with Gasteiger partial charge in [0, 0.05) is 138 Å². The Morgan fingerprint density at radius 3 is 0.605 bits per heavy atom. The van der Waals surface area contributed by atoms with Gasteiger partial charge < -0.3 is 63.8 Å². The smallest absolute Gasteiger partial charge is 0.223 e. The molecular weight excluding hydrogens is 1620 g/mol. The van der Waals surface area contributed by atoms with Crippen LogP contribution in [-0.4, -0.2) is 164 Å². The lowest BCUT2D eigenvalue weighted by atomic mass is 9.90. The van der Waals surface area contributed by atoms with Gasteiger partial charge in [-0.25, -0.2) is 0 Å². The first-order valence-electron chi connectivity index (χ1n) is 52.3. The number of Topliss-reactive ketones (excluding diaryl/α,β-unsaturated/α-hetero) is 3. The molecule has 0 fully saturated rings. The van der Waals surface area contributed by atoms with E-state index < -0.39 is 23.9 Å². The van der Waals surface area contributed by atoms with Crippen molar-refractivity contribution in [3.63, 3.8) is 0 Å². The molecule has 9 amide bonds. The van der Waals surface area contributed by atoms with Crippen molar-refractivity contribution < 1.29 is 57.5 Å². The lowest BCUT2D eigenvalue weighted by Crippen LogP contribution is -2.43. The lowest BCUT2D eigenvalue weighted by Gasteiger charge is -2.24. The molecular formula is C105H204N12O12. The number of amides is 9. The van der Waals surface area contributed by atoms with Crippen LogP contribution < -0.4 is 63.8 Å². The minimum atomic E-state index is -0.659. The van der Waals surface area contributed by atoms with Crippen molar-refractivity contribution >= 4 is 70.5 Å². The average Bonchev–Trinajstić information content (AvgIpc) is 0.888. The molecule has 129 heavy (non-hydrogen) atoms. The van der Waals surface area contributed by atoms with Crippen molar-refractivity contribution in [3.8, 4) is 0 Å². The fourth-order valence-corrected chi connectivity index (χ4v) is 15.3. The Morgan fingerprint density at radius 1 is 0.186 bits per heavy atom. The Labute approximate surface area is 789 Å². The van der Waals surface area contributed by atoms with Gasteiger partial charge in [-0.05, 0) is 225 Å². The highest BCUT2D eigenvalue weighted by Crippen LogP contribution is 2.23. The van der Waals surface area contributed by atoms with E-state index in [2.05, 4.69) is 175 Å². The Kier molecular flexibility index (Phi) is 81.7. The first kappa shape index (κ1) is 127.